The number of carbonyl (C=O) groups excluding carboxylic acids is 1. The lowest BCUT2D eigenvalue weighted by Gasteiger charge is -2.26. The number of hydrogen-bond donors (Lipinski definition) is 1. The van der Waals surface area contributed by atoms with Gasteiger partial charge in [0, 0.05) is 19.1 Å². The molecule has 0 bridgehead atoms. The molecule has 1 saturated heterocycles. The lowest BCUT2D eigenvalue weighted by Crippen LogP contribution is -2.44. The summed E-state index contributed by atoms with van der Waals surface area (Å²) in [5.41, 5.74) is 0. The first-order valence-electron chi connectivity index (χ1n) is 6.85. The van der Waals surface area contributed by atoms with Gasteiger partial charge in [-0.25, -0.2) is 4.79 Å². The van der Waals surface area contributed by atoms with E-state index in [1.165, 1.54) is 44.9 Å². The number of nitrogens with zero attached hydrogens (tertiary/aromatic N) is 1. The number of urea groups is 1. The predicted octanol–water partition coefficient (Wildman–Crippen LogP) is 2.76. The third kappa shape index (κ3) is 2.89. The average Bonchev–Trinajstić information content (AvgIpc) is 2.79. The van der Waals surface area contributed by atoms with Gasteiger partial charge >= 0.3 is 6.03 Å². The summed E-state index contributed by atoms with van der Waals surface area (Å²) < 4.78 is 0. The highest BCUT2D eigenvalue weighted by molar-refractivity contribution is 5.74. The van der Waals surface area contributed by atoms with E-state index in [0.717, 1.165) is 19.0 Å². The Morgan fingerprint density at radius 1 is 1.25 bits per heavy atom. The molecule has 0 radical (unpaired) electrons. The molecule has 0 aromatic rings. The van der Waals surface area contributed by atoms with E-state index in [2.05, 4.69) is 12.2 Å². The minimum atomic E-state index is 0.183. The van der Waals surface area contributed by atoms with Crippen LogP contribution in [0.2, 0.25) is 0 Å². The zero-order valence-corrected chi connectivity index (χ0v) is 10.4. The minimum Gasteiger partial charge on any atom is -0.335 e. The smallest absolute Gasteiger partial charge is 0.317 e. The van der Waals surface area contributed by atoms with E-state index in [1.54, 1.807) is 0 Å². The molecule has 1 unspecified atom stereocenters. The lowest BCUT2D eigenvalue weighted by atomic mass is 9.96. The topological polar surface area (TPSA) is 32.3 Å². The van der Waals surface area contributed by atoms with E-state index in [0.29, 0.717) is 6.04 Å². The van der Waals surface area contributed by atoms with Gasteiger partial charge in [0.1, 0.15) is 0 Å². The van der Waals surface area contributed by atoms with E-state index in [9.17, 15) is 4.79 Å². The van der Waals surface area contributed by atoms with Gasteiger partial charge in [0.05, 0.1) is 0 Å². The van der Waals surface area contributed by atoms with Gasteiger partial charge in [0.15, 0.2) is 0 Å². The fourth-order valence-corrected chi connectivity index (χ4v) is 2.86. The van der Waals surface area contributed by atoms with Crippen molar-refractivity contribution in [1.82, 2.24) is 10.2 Å². The summed E-state index contributed by atoms with van der Waals surface area (Å²) in [6.07, 6.45) is 8.65. The van der Waals surface area contributed by atoms with Gasteiger partial charge in [0.2, 0.25) is 0 Å². The van der Waals surface area contributed by atoms with Crippen LogP contribution in [0.4, 0.5) is 4.79 Å². The Morgan fingerprint density at radius 3 is 2.62 bits per heavy atom. The Hall–Kier alpha value is -0.730. The van der Waals surface area contributed by atoms with Crippen molar-refractivity contribution < 1.29 is 4.79 Å². The molecule has 92 valence electrons. The van der Waals surface area contributed by atoms with Crippen LogP contribution in [0.3, 0.4) is 0 Å². The van der Waals surface area contributed by atoms with E-state index in [1.807, 2.05) is 4.90 Å². The van der Waals surface area contributed by atoms with Crippen molar-refractivity contribution in [3.63, 3.8) is 0 Å². The molecule has 3 nitrogen and oxygen atoms in total. The van der Waals surface area contributed by atoms with E-state index in [-0.39, 0.29) is 6.03 Å². The average molecular weight is 224 g/mol. The van der Waals surface area contributed by atoms with Gasteiger partial charge in [-0.05, 0) is 25.2 Å². The number of carbonyl (C=O) groups is 1. The van der Waals surface area contributed by atoms with Gasteiger partial charge in [-0.15, -0.1) is 0 Å². The standard InChI is InChI=1S/C13H24N2O/c1-2-11-8-9-15(10-11)13(16)14-12-6-4-3-5-7-12/h11-12H,2-10H2,1H3,(H,14,16). The molecule has 2 rings (SSSR count). The van der Waals surface area contributed by atoms with Crippen LogP contribution < -0.4 is 5.32 Å². The number of nitrogens with one attached hydrogen (secondary N) is 1. The zero-order chi connectivity index (χ0) is 11.4. The van der Waals surface area contributed by atoms with Gasteiger partial charge < -0.3 is 10.2 Å². The maximum atomic E-state index is 12.0. The van der Waals surface area contributed by atoms with Crippen LogP contribution in [0.1, 0.15) is 51.9 Å². The van der Waals surface area contributed by atoms with E-state index < -0.39 is 0 Å². The maximum Gasteiger partial charge on any atom is 0.317 e. The van der Waals surface area contributed by atoms with Crippen LogP contribution >= 0.6 is 0 Å². The van der Waals surface area contributed by atoms with E-state index in [4.69, 9.17) is 0 Å². The number of rotatable bonds is 2. The molecule has 1 atom stereocenters. The second-order valence-electron chi connectivity index (χ2n) is 5.29. The molecule has 2 amide bonds. The zero-order valence-electron chi connectivity index (χ0n) is 10.4. The van der Waals surface area contributed by atoms with Gasteiger partial charge in [0.25, 0.3) is 0 Å². The van der Waals surface area contributed by atoms with Crippen LogP contribution in [0.15, 0.2) is 0 Å². The molecule has 1 saturated carbocycles. The minimum absolute atomic E-state index is 0.183. The Labute approximate surface area is 98.6 Å². The molecule has 1 aliphatic heterocycles. The van der Waals surface area contributed by atoms with Gasteiger partial charge in [-0.2, -0.15) is 0 Å². The highest BCUT2D eigenvalue weighted by Gasteiger charge is 2.26. The Kier molecular flexibility index (Phi) is 4.08. The monoisotopic (exact) mass is 224 g/mol. The van der Waals surface area contributed by atoms with Crippen molar-refractivity contribution in [1.29, 1.82) is 0 Å². The molecule has 16 heavy (non-hydrogen) atoms. The summed E-state index contributed by atoms with van der Waals surface area (Å²) in [4.78, 5) is 14.0. The third-order valence-electron chi connectivity index (χ3n) is 4.08. The van der Waals surface area contributed by atoms with Crippen molar-refractivity contribution >= 4 is 6.03 Å². The van der Waals surface area contributed by atoms with Crippen LogP contribution in [0, 0.1) is 5.92 Å². The SMILES string of the molecule is CCC1CCN(C(=O)NC2CCCCC2)C1. The highest BCUT2D eigenvalue weighted by Crippen LogP contribution is 2.21. The first-order valence-corrected chi connectivity index (χ1v) is 6.85. The largest absolute Gasteiger partial charge is 0.335 e. The van der Waals surface area contributed by atoms with Crippen LogP contribution in [-0.4, -0.2) is 30.1 Å². The maximum absolute atomic E-state index is 12.0. The number of amides is 2. The Bertz CT molecular complexity index is 236. The van der Waals surface area contributed by atoms with Crippen LogP contribution in [0.5, 0.6) is 0 Å². The van der Waals surface area contributed by atoms with Crippen LogP contribution in [-0.2, 0) is 0 Å². The normalized spacial score (nSPS) is 27.1. The number of hydrogen-bond acceptors (Lipinski definition) is 1. The summed E-state index contributed by atoms with van der Waals surface area (Å²) in [6.45, 7) is 4.14. The summed E-state index contributed by atoms with van der Waals surface area (Å²) in [7, 11) is 0. The molecular weight excluding hydrogens is 200 g/mol. The first kappa shape index (κ1) is 11.7. The first-order chi connectivity index (χ1) is 7.79. The molecule has 1 N–H and O–H groups in total. The van der Waals surface area contributed by atoms with Crippen molar-refractivity contribution in [2.45, 2.75) is 57.9 Å². The predicted molar refractivity (Wildman–Crippen MR) is 65.4 cm³/mol. The second-order valence-corrected chi connectivity index (χ2v) is 5.29. The molecule has 0 spiro atoms. The Morgan fingerprint density at radius 2 is 2.00 bits per heavy atom. The fraction of sp³-hybridized carbons (Fsp3) is 0.923. The quantitative estimate of drug-likeness (QED) is 0.768. The summed E-state index contributed by atoms with van der Waals surface area (Å²) in [5, 5.41) is 3.19. The lowest BCUT2D eigenvalue weighted by molar-refractivity contribution is 0.198. The molecule has 1 aliphatic carbocycles. The molecule has 0 aromatic carbocycles. The van der Waals surface area contributed by atoms with Crippen molar-refractivity contribution in [3.05, 3.63) is 0 Å². The molecule has 2 aliphatic rings. The molecule has 0 aromatic heterocycles. The van der Waals surface area contributed by atoms with Crippen molar-refractivity contribution in [3.8, 4) is 0 Å². The fourth-order valence-electron chi connectivity index (χ4n) is 2.86. The molecular formula is C13H24N2O. The molecule has 3 heteroatoms. The van der Waals surface area contributed by atoms with Gasteiger partial charge in [-0.1, -0.05) is 32.6 Å². The molecule has 2 fully saturated rings. The summed E-state index contributed by atoms with van der Waals surface area (Å²) >= 11 is 0. The third-order valence-corrected chi connectivity index (χ3v) is 4.08. The van der Waals surface area contributed by atoms with Crippen molar-refractivity contribution in [2.75, 3.05) is 13.1 Å². The number of likely N-dealkylation sites (tertiary alicyclic amines) is 1. The summed E-state index contributed by atoms with van der Waals surface area (Å²) in [6, 6.07) is 0.629. The highest BCUT2D eigenvalue weighted by atomic mass is 16.2. The second kappa shape index (κ2) is 5.55. The van der Waals surface area contributed by atoms with Gasteiger partial charge in [-0.3, -0.25) is 0 Å². The summed E-state index contributed by atoms with van der Waals surface area (Å²) in [5.74, 6) is 0.733. The molecule has 1 heterocycles. The van der Waals surface area contributed by atoms with Crippen molar-refractivity contribution in [2.24, 2.45) is 5.92 Å². The van der Waals surface area contributed by atoms with Crippen LogP contribution in [0.25, 0.3) is 0 Å². The van der Waals surface area contributed by atoms with E-state index >= 15 is 0 Å². The Balaban J connectivity index is 1.75.